The van der Waals surface area contributed by atoms with Crippen LogP contribution in [0.15, 0.2) is 0 Å². The molecule has 1 fully saturated rings. The largest absolute Gasteiger partial charge is 0.340 e. The highest BCUT2D eigenvalue weighted by Crippen LogP contribution is 2.23. The first-order valence-corrected chi connectivity index (χ1v) is 4.46. The minimum absolute atomic E-state index is 0.339. The Morgan fingerprint density at radius 3 is 2.64 bits per heavy atom. The molecule has 0 radical (unpaired) electrons. The maximum absolute atomic E-state index is 11.2. The average Bonchev–Trinajstić information content (AvgIpc) is 2.30. The summed E-state index contributed by atoms with van der Waals surface area (Å²) in [4.78, 5) is 13.3. The van der Waals surface area contributed by atoms with Crippen LogP contribution in [0.5, 0.6) is 0 Å². The van der Waals surface area contributed by atoms with Gasteiger partial charge in [0.25, 0.3) is 0 Å². The molecule has 64 valence electrons. The first-order valence-electron chi connectivity index (χ1n) is 4.46. The van der Waals surface area contributed by atoms with E-state index < -0.39 is 0 Å². The summed E-state index contributed by atoms with van der Waals surface area (Å²) in [5.41, 5.74) is 0. The summed E-state index contributed by atoms with van der Waals surface area (Å²) in [5.74, 6) is 0.951. The predicted molar refractivity (Wildman–Crippen MR) is 45.2 cm³/mol. The van der Waals surface area contributed by atoms with Crippen molar-refractivity contribution in [1.29, 1.82) is 0 Å². The van der Waals surface area contributed by atoms with E-state index in [0.29, 0.717) is 17.9 Å². The van der Waals surface area contributed by atoms with Gasteiger partial charge < -0.3 is 4.90 Å². The maximum atomic E-state index is 11.2. The van der Waals surface area contributed by atoms with Crippen LogP contribution in [0, 0.1) is 5.92 Å². The Morgan fingerprint density at radius 2 is 2.27 bits per heavy atom. The lowest BCUT2D eigenvalue weighted by atomic mass is 10.0. The Labute approximate surface area is 68.6 Å². The summed E-state index contributed by atoms with van der Waals surface area (Å²) in [6.45, 7) is 7.30. The van der Waals surface area contributed by atoms with Crippen LogP contribution in [-0.4, -0.2) is 23.4 Å². The van der Waals surface area contributed by atoms with Crippen LogP contribution in [0.4, 0.5) is 0 Å². The lowest BCUT2D eigenvalue weighted by Crippen LogP contribution is -2.35. The van der Waals surface area contributed by atoms with Gasteiger partial charge in [-0.15, -0.1) is 0 Å². The van der Waals surface area contributed by atoms with Gasteiger partial charge >= 0.3 is 0 Å². The smallest absolute Gasteiger partial charge is 0.222 e. The van der Waals surface area contributed by atoms with Gasteiger partial charge in [0.1, 0.15) is 0 Å². The molecule has 1 amide bonds. The minimum Gasteiger partial charge on any atom is -0.340 e. The van der Waals surface area contributed by atoms with Crippen molar-refractivity contribution in [3.8, 4) is 0 Å². The predicted octanol–water partition coefficient (Wildman–Crippen LogP) is 1.65. The topological polar surface area (TPSA) is 20.3 Å². The minimum atomic E-state index is 0.339. The molecule has 1 saturated heterocycles. The summed E-state index contributed by atoms with van der Waals surface area (Å²) in [6, 6.07) is 0.507. The van der Waals surface area contributed by atoms with Crippen molar-refractivity contribution in [2.75, 3.05) is 6.54 Å². The molecule has 1 rings (SSSR count). The molecule has 1 atom stereocenters. The SMILES string of the molecule is CCN1C(=O)CCC1C(C)C. The highest BCUT2D eigenvalue weighted by Gasteiger charge is 2.31. The van der Waals surface area contributed by atoms with E-state index in [2.05, 4.69) is 20.8 Å². The monoisotopic (exact) mass is 155 g/mol. The van der Waals surface area contributed by atoms with E-state index in [1.807, 2.05) is 4.90 Å². The van der Waals surface area contributed by atoms with Crippen LogP contribution in [0.3, 0.4) is 0 Å². The molecule has 2 nitrogen and oxygen atoms in total. The second-order valence-corrected chi connectivity index (χ2v) is 3.53. The van der Waals surface area contributed by atoms with Gasteiger partial charge in [-0.05, 0) is 19.3 Å². The number of nitrogens with zero attached hydrogens (tertiary/aromatic N) is 1. The second-order valence-electron chi connectivity index (χ2n) is 3.53. The molecule has 0 N–H and O–H groups in total. The molecule has 0 spiro atoms. The van der Waals surface area contributed by atoms with Crippen LogP contribution in [0.2, 0.25) is 0 Å². The average molecular weight is 155 g/mol. The number of hydrogen-bond acceptors (Lipinski definition) is 1. The van der Waals surface area contributed by atoms with Gasteiger partial charge in [-0.25, -0.2) is 0 Å². The number of rotatable bonds is 2. The first-order chi connectivity index (χ1) is 5.16. The quantitative estimate of drug-likeness (QED) is 0.594. The molecule has 2 heteroatoms. The van der Waals surface area contributed by atoms with Crippen LogP contribution in [-0.2, 0) is 4.79 Å². The standard InChI is InChI=1S/C9H17NO/c1-4-10-8(7(2)3)5-6-9(10)11/h7-8H,4-6H2,1-3H3. The fourth-order valence-corrected chi connectivity index (χ4v) is 1.86. The lowest BCUT2D eigenvalue weighted by Gasteiger charge is -2.26. The summed E-state index contributed by atoms with van der Waals surface area (Å²) in [7, 11) is 0. The van der Waals surface area contributed by atoms with Crippen molar-refractivity contribution in [2.45, 2.75) is 39.7 Å². The van der Waals surface area contributed by atoms with Gasteiger partial charge in [-0.1, -0.05) is 13.8 Å². The van der Waals surface area contributed by atoms with Gasteiger partial charge in [-0.3, -0.25) is 4.79 Å². The fourth-order valence-electron chi connectivity index (χ4n) is 1.86. The number of amides is 1. The van der Waals surface area contributed by atoms with Gasteiger partial charge in [0, 0.05) is 19.0 Å². The summed E-state index contributed by atoms with van der Waals surface area (Å²) in [5, 5.41) is 0. The van der Waals surface area contributed by atoms with Crippen LogP contribution in [0.1, 0.15) is 33.6 Å². The third-order valence-corrected chi connectivity index (χ3v) is 2.48. The van der Waals surface area contributed by atoms with Gasteiger partial charge in [0.05, 0.1) is 0 Å². The van der Waals surface area contributed by atoms with Crippen molar-refractivity contribution in [1.82, 2.24) is 4.90 Å². The van der Waals surface area contributed by atoms with E-state index in [4.69, 9.17) is 0 Å². The number of carbonyl (C=O) groups is 1. The Morgan fingerprint density at radius 1 is 1.64 bits per heavy atom. The Kier molecular flexibility index (Phi) is 2.53. The Bertz CT molecular complexity index is 154. The number of carbonyl (C=O) groups excluding carboxylic acids is 1. The third-order valence-electron chi connectivity index (χ3n) is 2.48. The van der Waals surface area contributed by atoms with E-state index in [1.54, 1.807) is 0 Å². The molecule has 11 heavy (non-hydrogen) atoms. The molecule has 1 heterocycles. The molecule has 0 aromatic heterocycles. The normalized spacial score (nSPS) is 25.3. The molecule has 0 aromatic rings. The number of hydrogen-bond donors (Lipinski definition) is 0. The second kappa shape index (κ2) is 3.24. The van der Waals surface area contributed by atoms with Gasteiger partial charge in [0.2, 0.25) is 5.91 Å². The molecule has 1 aliphatic rings. The maximum Gasteiger partial charge on any atom is 0.222 e. The summed E-state index contributed by atoms with van der Waals surface area (Å²) >= 11 is 0. The van der Waals surface area contributed by atoms with Crippen LogP contribution >= 0.6 is 0 Å². The molecular formula is C9H17NO. The molecule has 0 saturated carbocycles. The Hall–Kier alpha value is -0.530. The van der Waals surface area contributed by atoms with Gasteiger partial charge in [-0.2, -0.15) is 0 Å². The molecule has 0 aromatic carbocycles. The van der Waals surface area contributed by atoms with E-state index >= 15 is 0 Å². The molecule has 0 aliphatic carbocycles. The van der Waals surface area contributed by atoms with Crippen molar-refractivity contribution in [2.24, 2.45) is 5.92 Å². The third kappa shape index (κ3) is 1.55. The van der Waals surface area contributed by atoms with Crippen LogP contribution in [0.25, 0.3) is 0 Å². The van der Waals surface area contributed by atoms with E-state index in [-0.39, 0.29) is 0 Å². The summed E-state index contributed by atoms with van der Waals surface area (Å²) in [6.07, 6.45) is 1.82. The van der Waals surface area contributed by atoms with Gasteiger partial charge in [0.15, 0.2) is 0 Å². The lowest BCUT2D eigenvalue weighted by molar-refractivity contribution is -0.129. The Balaban J connectivity index is 2.61. The zero-order valence-corrected chi connectivity index (χ0v) is 7.63. The zero-order valence-electron chi connectivity index (χ0n) is 7.63. The highest BCUT2D eigenvalue weighted by atomic mass is 16.2. The molecular weight excluding hydrogens is 138 g/mol. The van der Waals surface area contributed by atoms with Crippen LogP contribution < -0.4 is 0 Å². The van der Waals surface area contributed by atoms with E-state index in [1.165, 1.54) is 0 Å². The number of likely N-dealkylation sites (tertiary alicyclic amines) is 1. The molecule has 1 unspecified atom stereocenters. The summed E-state index contributed by atoms with van der Waals surface area (Å²) < 4.78 is 0. The van der Waals surface area contributed by atoms with E-state index in [9.17, 15) is 4.79 Å². The zero-order chi connectivity index (χ0) is 8.43. The van der Waals surface area contributed by atoms with Crippen molar-refractivity contribution in [3.63, 3.8) is 0 Å². The molecule has 1 aliphatic heterocycles. The molecule has 0 bridgehead atoms. The first kappa shape index (κ1) is 8.57. The van der Waals surface area contributed by atoms with Crippen molar-refractivity contribution in [3.05, 3.63) is 0 Å². The van der Waals surface area contributed by atoms with Crippen molar-refractivity contribution < 1.29 is 4.79 Å². The fraction of sp³-hybridized carbons (Fsp3) is 0.889. The highest BCUT2D eigenvalue weighted by molar-refractivity contribution is 5.78. The van der Waals surface area contributed by atoms with Crippen molar-refractivity contribution >= 4 is 5.91 Å². The van der Waals surface area contributed by atoms with E-state index in [0.717, 1.165) is 19.4 Å².